The summed E-state index contributed by atoms with van der Waals surface area (Å²) in [5.74, 6) is -0.719. The number of halogens is 2. The number of ketones is 1. The first kappa shape index (κ1) is 31.1. The molecule has 0 spiro atoms. The van der Waals surface area contributed by atoms with E-state index >= 15 is 0 Å². The smallest absolute Gasteiger partial charge is 0.407 e. The Morgan fingerprint density at radius 3 is 2.43 bits per heavy atom. The lowest BCUT2D eigenvalue weighted by Gasteiger charge is -2.33. The van der Waals surface area contributed by atoms with Gasteiger partial charge in [0.05, 0.1) is 24.5 Å². The lowest BCUT2D eigenvalue weighted by molar-refractivity contribution is 0.0504. The third kappa shape index (κ3) is 7.40. The molecule has 0 bridgehead atoms. The average molecular weight is 614 g/mol. The zero-order valence-electron chi connectivity index (χ0n) is 25.4. The van der Waals surface area contributed by atoms with Gasteiger partial charge in [0, 0.05) is 39.0 Å². The van der Waals surface area contributed by atoms with Gasteiger partial charge in [0.2, 0.25) is 17.6 Å². The lowest BCUT2D eigenvalue weighted by atomic mass is 9.92. The second-order valence-electron chi connectivity index (χ2n) is 12.3. The zero-order valence-corrected chi connectivity index (χ0v) is 25.4. The van der Waals surface area contributed by atoms with E-state index in [-0.39, 0.29) is 42.3 Å². The highest BCUT2D eigenvalue weighted by molar-refractivity contribution is 5.90. The molecule has 14 heteroatoms. The lowest BCUT2D eigenvalue weighted by Crippen LogP contribution is -2.43. The van der Waals surface area contributed by atoms with Gasteiger partial charge in [-0.15, -0.1) is 0 Å². The van der Waals surface area contributed by atoms with Crippen molar-refractivity contribution >= 4 is 23.8 Å². The summed E-state index contributed by atoms with van der Waals surface area (Å²) in [6, 6.07) is 3.07. The number of hydrogen-bond donors (Lipinski definition) is 1. The molecule has 4 heterocycles. The molecule has 2 aliphatic heterocycles. The molecule has 0 saturated carbocycles. The van der Waals surface area contributed by atoms with Crippen LogP contribution in [-0.4, -0.2) is 75.9 Å². The summed E-state index contributed by atoms with van der Waals surface area (Å²) in [6.07, 6.45) is 4.07. The number of rotatable bonds is 8. The fourth-order valence-corrected chi connectivity index (χ4v) is 5.58. The minimum absolute atomic E-state index is 0.0719. The fourth-order valence-electron chi connectivity index (χ4n) is 5.58. The van der Waals surface area contributed by atoms with E-state index in [9.17, 15) is 18.4 Å². The van der Waals surface area contributed by atoms with Gasteiger partial charge in [-0.05, 0) is 70.2 Å². The highest BCUT2D eigenvalue weighted by Crippen LogP contribution is 2.33. The Balaban J connectivity index is 1.21. The number of carbonyl (C=O) groups is 2. The van der Waals surface area contributed by atoms with Crippen LogP contribution in [-0.2, 0) is 4.74 Å². The molecule has 2 aromatic heterocycles. The largest absolute Gasteiger partial charge is 0.487 e. The number of carbonyl (C=O) groups excluding carboxylic acids is 2. The van der Waals surface area contributed by atoms with Crippen LogP contribution < -0.4 is 19.9 Å². The van der Waals surface area contributed by atoms with Crippen LogP contribution in [0.25, 0.3) is 0 Å². The highest BCUT2D eigenvalue weighted by Gasteiger charge is 2.38. The molecular weight excluding hydrogens is 576 g/mol. The molecule has 1 aromatic carbocycles. The maximum absolute atomic E-state index is 14.8. The minimum Gasteiger partial charge on any atom is -0.487 e. The molecule has 1 N–H and O–H groups in total. The van der Waals surface area contributed by atoms with E-state index in [1.165, 1.54) is 6.92 Å². The minimum atomic E-state index is -0.719. The molecule has 3 unspecified atom stereocenters. The van der Waals surface area contributed by atoms with Gasteiger partial charge >= 0.3 is 12.1 Å². The zero-order chi connectivity index (χ0) is 31.6. The Morgan fingerprint density at radius 2 is 1.80 bits per heavy atom. The number of anilines is 2. The molecule has 0 aliphatic carbocycles. The average Bonchev–Trinajstić information content (AvgIpc) is 3.62. The molecule has 2 fully saturated rings. The molecule has 2 saturated heterocycles. The summed E-state index contributed by atoms with van der Waals surface area (Å²) < 4.78 is 45.7. The summed E-state index contributed by atoms with van der Waals surface area (Å²) >= 11 is 0. The van der Waals surface area contributed by atoms with Gasteiger partial charge in [-0.25, -0.2) is 23.5 Å². The molecule has 12 nitrogen and oxygen atoms in total. The molecular formula is C30H37F2N7O5. The van der Waals surface area contributed by atoms with Gasteiger partial charge in [-0.1, -0.05) is 5.16 Å². The van der Waals surface area contributed by atoms with Crippen molar-refractivity contribution in [3.63, 3.8) is 0 Å². The van der Waals surface area contributed by atoms with Crippen molar-refractivity contribution < 1.29 is 32.4 Å². The third-order valence-corrected chi connectivity index (χ3v) is 7.80. The van der Waals surface area contributed by atoms with Crippen LogP contribution >= 0.6 is 0 Å². The van der Waals surface area contributed by atoms with Crippen LogP contribution in [0, 0.1) is 17.6 Å². The second-order valence-corrected chi connectivity index (χ2v) is 12.3. The van der Waals surface area contributed by atoms with Gasteiger partial charge < -0.3 is 29.1 Å². The van der Waals surface area contributed by atoms with Gasteiger partial charge in [-0.2, -0.15) is 4.98 Å². The van der Waals surface area contributed by atoms with Gasteiger partial charge in [-0.3, -0.25) is 4.79 Å². The first-order valence-corrected chi connectivity index (χ1v) is 14.6. The van der Waals surface area contributed by atoms with Crippen molar-refractivity contribution in [2.24, 2.45) is 5.92 Å². The summed E-state index contributed by atoms with van der Waals surface area (Å²) in [7, 11) is 0. The van der Waals surface area contributed by atoms with Crippen molar-refractivity contribution in [1.82, 2.24) is 25.4 Å². The van der Waals surface area contributed by atoms with Crippen LogP contribution in [0.4, 0.5) is 25.5 Å². The summed E-state index contributed by atoms with van der Waals surface area (Å²) in [5.41, 5.74) is -0.560. The van der Waals surface area contributed by atoms with Crippen molar-refractivity contribution in [2.45, 2.75) is 71.1 Å². The molecule has 5 rings (SSSR count). The maximum atomic E-state index is 14.8. The molecule has 236 valence electrons. The van der Waals surface area contributed by atoms with E-state index in [1.54, 1.807) is 33.2 Å². The molecule has 1 amide bonds. The number of benzene rings is 1. The predicted molar refractivity (Wildman–Crippen MR) is 156 cm³/mol. The first-order valence-electron chi connectivity index (χ1n) is 14.6. The van der Waals surface area contributed by atoms with Crippen molar-refractivity contribution in [3.05, 3.63) is 53.6 Å². The van der Waals surface area contributed by atoms with Crippen LogP contribution in [0.3, 0.4) is 0 Å². The van der Waals surface area contributed by atoms with Crippen molar-refractivity contribution in [1.29, 1.82) is 0 Å². The quantitative estimate of drug-likeness (QED) is 0.359. The number of Topliss-reactive ketones (excluding diaryl/α,β-unsaturated/α-hetero) is 1. The number of nitrogens with zero attached hydrogens (tertiary/aromatic N) is 6. The second kappa shape index (κ2) is 12.7. The topological polar surface area (TPSA) is 136 Å². The molecule has 44 heavy (non-hydrogen) atoms. The van der Waals surface area contributed by atoms with E-state index in [4.69, 9.17) is 14.0 Å². The van der Waals surface area contributed by atoms with E-state index < -0.39 is 35.3 Å². The van der Waals surface area contributed by atoms with E-state index in [0.29, 0.717) is 30.8 Å². The number of ether oxygens (including phenoxy) is 2. The predicted octanol–water partition coefficient (Wildman–Crippen LogP) is 4.52. The van der Waals surface area contributed by atoms with Crippen molar-refractivity contribution in [3.8, 4) is 5.75 Å². The number of piperidine rings is 1. The normalized spacial score (nSPS) is 20.0. The van der Waals surface area contributed by atoms with E-state index in [0.717, 1.165) is 31.0 Å². The summed E-state index contributed by atoms with van der Waals surface area (Å²) in [4.78, 5) is 41.0. The van der Waals surface area contributed by atoms with E-state index in [2.05, 4.69) is 25.4 Å². The molecule has 2 aliphatic rings. The number of alkyl carbamates (subject to hydrolysis) is 1. The Morgan fingerprint density at radius 1 is 1.09 bits per heavy atom. The van der Waals surface area contributed by atoms with Gasteiger partial charge in [0.25, 0.3) is 0 Å². The third-order valence-electron chi connectivity index (χ3n) is 7.80. The van der Waals surface area contributed by atoms with E-state index in [1.807, 2.05) is 16.7 Å². The van der Waals surface area contributed by atoms with Crippen LogP contribution in [0.1, 0.15) is 69.6 Å². The van der Waals surface area contributed by atoms with Gasteiger partial charge in [0.1, 0.15) is 17.2 Å². The van der Waals surface area contributed by atoms with Crippen LogP contribution in [0.2, 0.25) is 0 Å². The number of hydrogen-bond acceptors (Lipinski definition) is 11. The summed E-state index contributed by atoms with van der Waals surface area (Å²) in [6.45, 7) is 10.5. The van der Waals surface area contributed by atoms with Crippen LogP contribution in [0.5, 0.6) is 5.75 Å². The Hall–Kier alpha value is -4.36. The number of nitrogens with one attached hydrogen (secondary N) is 1. The molecule has 3 atom stereocenters. The standard InChI is InChI=1S/C30H37F2N7O5/c1-17(40)26-36-28(44-37-26)38-10-8-19(9-11-38)18(2)42-21-13-33-27(34-14-21)39-15-23(22-12-20(31)6-7-24(22)32)25(16-39)35-29(41)43-30(3,4)5/h6-7,12-14,18-19,23,25H,8-11,15-16H2,1-5H3,(H,35,41). The highest BCUT2D eigenvalue weighted by atomic mass is 19.1. The van der Waals surface area contributed by atoms with Crippen molar-refractivity contribution in [2.75, 3.05) is 36.0 Å². The maximum Gasteiger partial charge on any atom is 0.407 e. The van der Waals surface area contributed by atoms with Crippen LogP contribution in [0.15, 0.2) is 35.1 Å². The van der Waals surface area contributed by atoms with Gasteiger partial charge in [0.15, 0.2) is 5.75 Å². The Labute approximate surface area is 254 Å². The number of aromatic nitrogens is 4. The fraction of sp³-hybridized carbons (Fsp3) is 0.533. The molecule has 3 aromatic rings. The Kier molecular flexibility index (Phi) is 8.97. The molecule has 0 radical (unpaired) electrons. The summed E-state index contributed by atoms with van der Waals surface area (Å²) in [5, 5.41) is 6.54. The number of amides is 1. The monoisotopic (exact) mass is 613 g/mol. The first-order chi connectivity index (χ1) is 20.9. The SMILES string of the molecule is CC(=O)c1noc(N2CCC(C(C)Oc3cnc(N4CC(NC(=O)OC(C)(C)C)C(c5cc(F)ccc5F)C4)nc3)CC2)n1. The Bertz CT molecular complexity index is 1470.